The van der Waals surface area contributed by atoms with Crippen molar-refractivity contribution in [1.29, 1.82) is 0 Å². The van der Waals surface area contributed by atoms with Crippen molar-refractivity contribution in [2.24, 2.45) is 11.8 Å². The predicted octanol–water partition coefficient (Wildman–Crippen LogP) is 1.92. The average molecular weight is 332 g/mol. The molecule has 6 nitrogen and oxygen atoms in total. The zero-order chi connectivity index (χ0) is 17.9. The summed E-state index contributed by atoms with van der Waals surface area (Å²) in [5.74, 6) is 1.15. The van der Waals surface area contributed by atoms with Gasteiger partial charge in [0.2, 0.25) is 5.91 Å². The third-order valence-corrected chi connectivity index (χ3v) is 4.34. The fourth-order valence-corrected chi connectivity index (χ4v) is 3.17. The van der Waals surface area contributed by atoms with Gasteiger partial charge in [0.1, 0.15) is 11.5 Å². The van der Waals surface area contributed by atoms with E-state index < -0.39 is 0 Å². The van der Waals surface area contributed by atoms with Gasteiger partial charge in [-0.15, -0.1) is 0 Å². The van der Waals surface area contributed by atoms with Crippen molar-refractivity contribution in [2.45, 2.75) is 40.0 Å². The Kier molecular flexibility index (Phi) is 5.91. The molecule has 1 aromatic rings. The van der Waals surface area contributed by atoms with Gasteiger partial charge in [0.25, 0.3) is 5.91 Å². The number of rotatable bonds is 4. The molecule has 2 heterocycles. The van der Waals surface area contributed by atoms with Gasteiger partial charge < -0.3 is 9.80 Å². The summed E-state index contributed by atoms with van der Waals surface area (Å²) in [7, 11) is 3.44. The highest BCUT2D eigenvalue weighted by atomic mass is 16.2. The Morgan fingerprint density at radius 3 is 2.67 bits per heavy atom. The van der Waals surface area contributed by atoms with Crippen LogP contribution < -0.4 is 0 Å². The number of likely N-dealkylation sites (tertiary alicyclic amines) is 1. The van der Waals surface area contributed by atoms with Crippen LogP contribution in [0, 0.1) is 18.8 Å². The van der Waals surface area contributed by atoms with Crippen LogP contribution in [0.5, 0.6) is 0 Å². The maximum atomic E-state index is 12.2. The third kappa shape index (κ3) is 4.52. The molecule has 0 N–H and O–H groups in total. The SMILES string of the molecule is Cc1nc(C[C@H]2CCCN(C(=O)C(C)C)C2)cc(C(=O)N(C)C)n1. The minimum atomic E-state index is -0.109. The molecular weight excluding hydrogens is 304 g/mol. The van der Waals surface area contributed by atoms with Crippen molar-refractivity contribution in [3.63, 3.8) is 0 Å². The highest BCUT2D eigenvalue weighted by Crippen LogP contribution is 2.22. The van der Waals surface area contributed by atoms with E-state index in [1.54, 1.807) is 20.2 Å². The van der Waals surface area contributed by atoms with E-state index >= 15 is 0 Å². The minimum Gasteiger partial charge on any atom is -0.343 e. The number of piperidine rings is 1. The van der Waals surface area contributed by atoms with Gasteiger partial charge in [0.15, 0.2) is 0 Å². The molecule has 24 heavy (non-hydrogen) atoms. The van der Waals surface area contributed by atoms with E-state index in [2.05, 4.69) is 9.97 Å². The zero-order valence-corrected chi connectivity index (χ0v) is 15.4. The second kappa shape index (κ2) is 7.73. The van der Waals surface area contributed by atoms with Gasteiger partial charge >= 0.3 is 0 Å². The molecule has 6 heteroatoms. The summed E-state index contributed by atoms with van der Waals surface area (Å²) in [6, 6.07) is 1.79. The molecule has 0 unspecified atom stereocenters. The zero-order valence-electron chi connectivity index (χ0n) is 15.4. The first-order valence-corrected chi connectivity index (χ1v) is 8.63. The van der Waals surface area contributed by atoms with Crippen molar-refractivity contribution < 1.29 is 9.59 Å². The standard InChI is InChI=1S/C18H28N4O2/c1-12(2)17(23)22-8-6-7-14(11-22)9-15-10-16(18(24)21(4)5)20-13(3)19-15/h10,12,14H,6-9,11H2,1-5H3/t14-/m1/s1. The molecule has 2 amide bonds. The second-order valence-electron chi connectivity index (χ2n) is 7.14. The van der Waals surface area contributed by atoms with Crippen LogP contribution in [0.15, 0.2) is 6.07 Å². The molecule has 1 atom stereocenters. The number of nitrogens with zero attached hydrogens (tertiary/aromatic N) is 4. The van der Waals surface area contributed by atoms with E-state index in [0.29, 0.717) is 17.4 Å². The van der Waals surface area contributed by atoms with E-state index in [-0.39, 0.29) is 17.7 Å². The lowest BCUT2D eigenvalue weighted by molar-refractivity contribution is -0.136. The lowest BCUT2D eigenvalue weighted by Gasteiger charge is -2.33. The molecular formula is C18H28N4O2. The normalized spacial score (nSPS) is 17.9. The van der Waals surface area contributed by atoms with Gasteiger partial charge in [-0.2, -0.15) is 0 Å². The Labute approximate surface area is 144 Å². The Balaban J connectivity index is 2.10. The summed E-state index contributed by atoms with van der Waals surface area (Å²) in [4.78, 5) is 36.6. The molecule has 1 saturated heterocycles. The van der Waals surface area contributed by atoms with Crippen LogP contribution in [0.25, 0.3) is 0 Å². The highest BCUT2D eigenvalue weighted by molar-refractivity contribution is 5.92. The van der Waals surface area contributed by atoms with Gasteiger partial charge in [0.05, 0.1) is 0 Å². The minimum absolute atomic E-state index is 0.0364. The molecule has 0 aliphatic carbocycles. The van der Waals surface area contributed by atoms with E-state index in [1.165, 1.54) is 4.90 Å². The van der Waals surface area contributed by atoms with Crippen LogP contribution >= 0.6 is 0 Å². The number of carbonyl (C=O) groups excluding carboxylic acids is 2. The van der Waals surface area contributed by atoms with Crippen LogP contribution in [-0.4, -0.2) is 58.8 Å². The van der Waals surface area contributed by atoms with E-state index in [1.807, 2.05) is 25.7 Å². The summed E-state index contributed by atoms with van der Waals surface area (Å²) < 4.78 is 0. The number of aromatic nitrogens is 2. The molecule has 2 rings (SSSR count). The summed E-state index contributed by atoms with van der Waals surface area (Å²) in [5, 5.41) is 0. The number of hydrogen-bond acceptors (Lipinski definition) is 4. The number of hydrogen-bond donors (Lipinski definition) is 0. The van der Waals surface area contributed by atoms with Gasteiger partial charge in [0, 0.05) is 38.8 Å². The van der Waals surface area contributed by atoms with Crippen molar-refractivity contribution in [1.82, 2.24) is 19.8 Å². The third-order valence-electron chi connectivity index (χ3n) is 4.34. The van der Waals surface area contributed by atoms with Crippen LogP contribution in [0.2, 0.25) is 0 Å². The summed E-state index contributed by atoms with van der Waals surface area (Å²) in [6.07, 6.45) is 2.89. The molecule has 132 valence electrons. The Morgan fingerprint density at radius 2 is 2.04 bits per heavy atom. The van der Waals surface area contributed by atoms with E-state index in [9.17, 15) is 9.59 Å². The number of aryl methyl sites for hydroxylation is 1. The van der Waals surface area contributed by atoms with Gasteiger partial charge in [-0.25, -0.2) is 9.97 Å². The fourth-order valence-electron chi connectivity index (χ4n) is 3.17. The van der Waals surface area contributed by atoms with Gasteiger partial charge in [-0.3, -0.25) is 9.59 Å². The van der Waals surface area contributed by atoms with Crippen molar-refractivity contribution >= 4 is 11.8 Å². The average Bonchev–Trinajstić information content (AvgIpc) is 2.52. The van der Waals surface area contributed by atoms with Crippen molar-refractivity contribution in [3.8, 4) is 0 Å². The number of carbonyl (C=O) groups is 2. The highest BCUT2D eigenvalue weighted by Gasteiger charge is 2.26. The smallest absolute Gasteiger partial charge is 0.272 e. The lowest BCUT2D eigenvalue weighted by Crippen LogP contribution is -2.42. The molecule has 1 aliphatic heterocycles. The predicted molar refractivity (Wildman–Crippen MR) is 92.6 cm³/mol. The monoisotopic (exact) mass is 332 g/mol. The Morgan fingerprint density at radius 1 is 1.33 bits per heavy atom. The molecule has 1 aromatic heterocycles. The fraction of sp³-hybridized carbons (Fsp3) is 0.667. The topological polar surface area (TPSA) is 66.4 Å². The first kappa shape index (κ1) is 18.4. The largest absolute Gasteiger partial charge is 0.343 e. The van der Waals surface area contributed by atoms with Crippen molar-refractivity contribution in [2.75, 3.05) is 27.2 Å². The molecule has 0 spiro atoms. The molecule has 0 saturated carbocycles. The van der Waals surface area contributed by atoms with Gasteiger partial charge in [-0.05, 0) is 38.2 Å². The first-order valence-electron chi connectivity index (χ1n) is 8.63. The van der Waals surface area contributed by atoms with E-state index in [4.69, 9.17) is 0 Å². The molecule has 1 fully saturated rings. The molecule has 0 radical (unpaired) electrons. The van der Waals surface area contributed by atoms with Crippen molar-refractivity contribution in [3.05, 3.63) is 23.3 Å². The summed E-state index contributed by atoms with van der Waals surface area (Å²) in [5.41, 5.74) is 1.32. The van der Waals surface area contributed by atoms with Crippen LogP contribution in [0.4, 0.5) is 0 Å². The lowest BCUT2D eigenvalue weighted by atomic mass is 9.92. The van der Waals surface area contributed by atoms with Crippen LogP contribution in [-0.2, 0) is 11.2 Å². The van der Waals surface area contributed by atoms with E-state index in [0.717, 1.165) is 38.0 Å². The van der Waals surface area contributed by atoms with Gasteiger partial charge in [-0.1, -0.05) is 13.8 Å². The van der Waals surface area contributed by atoms with Crippen LogP contribution in [0.3, 0.4) is 0 Å². The summed E-state index contributed by atoms with van der Waals surface area (Å²) in [6.45, 7) is 7.32. The molecule has 1 aliphatic rings. The quantitative estimate of drug-likeness (QED) is 0.845. The van der Waals surface area contributed by atoms with Crippen LogP contribution in [0.1, 0.15) is 48.7 Å². The summed E-state index contributed by atoms with van der Waals surface area (Å²) >= 11 is 0. The second-order valence-corrected chi connectivity index (χ2v) is 7.14. The Hall–Kier alpha value is -1.98. The maximum Gasteiger partial charge on any atom is 0.272 e. The number of amides is 2. The Bertz CT molecular complexity index is 613. The molecule has 0 bridgehead atoms. The maximum absolute atomic E-state index is 12.2. The first-order chi connectivity index (χ1) is 11.3. The molecule has 0 aromatic carbocycles.